The Hall–Kier alpha value is -0.970. The van der Waals surface area contributed by atoms with Gasteiger partial charge in [0.15, 0.2) is 0 Å². The van der Waals surface area contributed by atoms with Crippen LogP contribution in [0.4, 0.5) is 0 Å². The van der Waals surface area contributed by atoms with Gasteiger partial charge >= 0.3 is 0 Å². The van der Waals surface area contributed by atoms with E-state index in [0.717, 1.165) is 57.8 Å². The van der Waals surface area contributed by atoms with Gasteiger partial charge in [0.25, 0.3) is 0 Å². The van der Waals surface area contributed by atoms with E-state index in [9.17, 15) is 15.0 Å². The van der Waals surface area contributed by atoms with E-state index in [-0.39, 0.29) is 29.8 Å². The van der Waals surface area contributed by atoms with Gasteiger partial charge in [-0.1, -0.05) is 45.4 Å². The standard InChI is InChI=1S/C30H54O4/c1-21(14-10-18-30(7,33)19-11-15-23(3)26(6)31)12-9-13-22(2)16-17-27-20-28(32)24(4)25(5)29(27)34-8/h12,20,22-25,28-29,32-33H,9-11,13-19H2,1-8H3/b21-12+. The minimum atomic E-state index is -0.637. The van der Waals surface area contributed by atoms with Gasteiger partial charge < -0.3 is 14.9 Å². The zero-order valence-corrected chi connectivity index (χ0v) is 23.4. The Bertz CT molecular complexity index is 663. The molecule has 1 aliphatic carbocycles. The van der Waals surface area contributed by atoms with E-state index < -0.39 is 5.60 Å². The van der Waals surface area contributed by atoms with Crippen LogP contribution in [0.25, 0.3) is 0 Å². The molecule has 4 nitrogen and oxygen atoms in total. The number of ether oxygens (including phenoxy) is 1. The van der Waals surface area contributed by atoms with Crippen molar-refractivity contribution in [3.63, 3.8) is 0 Å². The van der Waals surface area contributed by atoms with Crippen LogP contribution in [0.1, 0.15) is 113 Å². The lowest BCUT2D eigenvalue weighted by Gasteiger charge is -2.37. The highest BCUT2D eigenvalue weighted by Gasteiger charge is 2.34. The number of carbonyl (C=O) groups is 1. The number of aliphatic hydroxyl groups excluding tert-OH is 1. The van der Waals surface area contributed by atoms with Crippen molar-refractivity contribution in [1.29, 1.82) is 0 Å². The highest BCUT2D eigenvalue weighted by atomic mass is 16.5. The number of Topliss-reactive ketones (excluding diaryl/α,β-unsaturated/α-hetero) is 1. The summed E-state index contributed by atoms with van der Waals surface area (Å²) >= 11 is 0. The van der Waals surface area contributed by atoms with Crippen molar-refractivity contribution < 1.29 is 19.7 Å². The Morgan fingerprint density at radius 2 is 1.76 bits per heavy atom. The van der Waals surface area contributed by atoms with Gasteiger partial charge in [-0.25, -0.2) is 0 Å². The Labute approximate surface area is 210 Å². The third-order valence-corrected chi connectivity index (χ3v) is 8.26. The van der Waals surface area contributed by atoms with Gasteiger partial charge in [-0.15, -0.1) is 0 Å². The highest BCUT2D eigenvalue weighted by molar-refractivity contribution is 5.77. The van der Waals surface area contributed by atoms with E-state index in [1.807, 2.05) is 19.9 Å². The Morgan fingerprint density at radius 3 is 2.38 bits per heavy atom. The summed E-state index contributed by atoms with van der Waals surface area (Å²) < 4.78 is 5.76. The second kappa shape index (κ2) is 15.2. The van der Waals surface area contributed by atoms with Crippen LogP contribution in [0.2, 0.25) is 0 Å². The summed E-state index contributed by atoms with van der Waals surface area (Å²) in [5.41, 5.74) is 2.04. The molecule has 0 heterocycles. The van der Waals surface area contributed by atoms with Crippen molar-refractivity contribution in [2.75, 3.05) is 7.11 Å². The third-order valence-electron chi connectivity index (χ3n) is 8.26. The first-order valence-corrected chi connectivity index (χ1v) is 13.7. The maximum absolute atomic E-state index is 11.4. The molecule has 0 aromatic heterocycles. The monoisotopic (exact) mass is 478 g/mol. The predicted molar refractivity (Wildman–Crippen MR) is 143 cm³/mol. The molecule has 2 N–H and O–H groups in total. The van der Waals surface area contributed by atoms with Gasteiger partial charge in [0.05, 0.1) is 17.8 Å². The molecule has 0 bridgehead atoms. The molecule has 0 aliphatic heterocycles. The first-order chi connectivity index (χ1) is 15.9. The number of carbonyl (C=O) groups excluding carboxylic acids is 1. The van der Waals surface area contributed by atoms with Crippen LogP contribution < -0.4 is 0 Å². The molecule has 1 rings (SSSR count). The van der Waals surface area contributed by atoms with Crippen LogP contribution in [0.15, 0.2) is 23.3 Å². The second-order valence-corrected chi connectivity index (χ2v) is 11.6. The summed E-state index contributed by atoms with van der Waals surface area (Å²) in [5, 5.41) is 21.0. The van der Waals surface area contributed by atoms with Gasteiger partial charge in [0, 0.05) is 13.0 Å². The lowest BCUT2D eigenvalue weighted by atomic mass is 9.76. The van der Waals surface area contributed by atoms with Crippen molar-refractivity contribution in [2.45, 2.75) is 130 Å². The molecule has 7 atom stereocenters. The van der Waals surface area contributed by atoms with Gasteiger partial charge in [-0.05, 0) is 108 Å². The van der Waals surface area contributed by atoms with Crippen LogP contribution in [0.3, 0.4) is 0 Å². The van der Waals surface area contributed by atoms with Crippen molar-refractivity contribution in [1.82, 2.24) is 0 Å². The summed E-state index contributed by atoms with van der Waals surface area (Å²) in [6.45, 7) is 14.4. The van der Waals surface area contributed by atoms with Crippen molar-refractivity contribution in [3.8, 4) is 0 Å². The molecule has 0 aromatic carbocycles. The number of hydrogen-bond acceptors (Lipinski definition) is 4. The molecule has 0 saturated carbocycles. The molecule has 4 heteroatoms. The van der Waals surface area contributed by atoms with Crippen LogP contribution in [0.5, 0.6) is 0 Å². The molecular weight excluding hydrogens is 424 g/mol. The first-order valence-electron chi connectivity index (χ1n) is 13.7. The quantitative estimate of drug-likeness (QED) is 0.234. The summed E-state index contributed by atoms with van der Waals surface area (Å²) in [7, 11) is 1.78. The number of rotatable bonds is 16. The van der Waals surface area contributed by atoms with Crippen LogP contribution in [-0.2, 0) is 9.53 Å². The fourth-order valence-electron chi connectivity index (χ4n) is 5.12. The van der Waals surface area contributed by atoms with Crippen LogP contribution >= 0.6 is 0 Å². The number of hydrogen-bond donors (Lipinski definition) is 2. The smallest absolute Gasteiger partial charge is 0.132 e. The Balaban J connectivity index is 2.31. The van der Waals surface area contributed by atoms with E-state index in [4.69, 9.17) is 4.74 Å². The van der Waals surface area contributed by atoms with E-state index in [0.29, 0.717) is 11.8 Å². The molecule has 34 heavy (non-hydrogen) atoms. The highest BCUT2D eigenvalue weighted by Crippen LogP contribution is 2.34. The maximum atomic E-state index is 11.4. The molecule has 0 aromatic rings. The zero-order chi connectivity index (χ0) is 25.9. The number of aliphatic hydroxyl groups is 2. The van der Waals surface area contributed by atoms with E-state index in [2.05, 4.69) is 33.8 Å². The van der Waals surface area contributed by atoms with Gasteiger partial charge in [0.1, 0.15) is 5.78 Å². The summed E-state index contributed by atoms with van der Waals surface area (Å²) in [5.74, 6) is 1.54. The topological polar surface area (TPSA) is 66.8 Å². The van der Waals surface area contributed by atoms with Crippen LogP contribution in [-0.4, -0.2) is 40.9 Å². The van der Waals surface area contributed by atoms with E-state index in [1.54, 1.807) is 14.0 Å². The average molecular weight is 479 g/mol. The van der Waals surface area contributed by atoms with Crippen LogP contribution in [0, 0.1) is 23.7 Å². The SMILES string of the molecule is COC1C(CCC(C)CC/C=C(\C)CCCC(C)(O)CCCC(C)C(C)=O)=CC(O)C(C)C1C. The minimum Gasteiger partial charge on any atom is -0.390 e. The van der Waals surface area contributed by atoms with Crippen molar-refractivity contribution in [2.24, 2.45) is 23.7 Å². The number of allylic oxidation sites excluding steroid dienone is 2. The van der Waals surface area contributed by atoms with E-state index >= 15 is 0 Å². The largest absolute Gasteiger partial charge is 0.390 e. The van der Waals surface area contributed by atoms with Gasteiger partial charge in [-0.2, -0.15) is 0 Å². The maximum Gasteiger partial charge on any atom is 0.132 e. The van der Waals surface area contributed by atoms with Gasteiger partial charge in [0.2, 0.25) is 0 Å². The fourth-order valence-corrected chi connectivity index (χ4v) is 5.12. The second-order valence-electron chi connectivity index (χ2n) is 11.6. The van der Waals surface area contributed by atoms with Crippen molar-refractivity contribution >= 4 is 5.78 Å². The molecule has 198 valence electrons. The molecule has 7 unspecified atom stereocenters. The van der Waals surface area contributed by atoms with E-state index in [1.165, 1.54) is 17.6 Å². The minimum absolute atomic E-state index is 0.100. The Kier molecular flexibility index (Phi) is 13.9. The van der Waals surface area contributed by atoms with Gasteiger partial charge in [-0.3, -0.25) is 4.79 Å². The summed E-state index contributed by atoms with van der Waals surface area (Å²) in [4.78, 5) is 11.4. The zero-order valence-electron chi connectivity index (χ0n) is 23.4. The van der Waals surface area contributed by atoms with Crippen molar-refractivity contribution in [3.05, 3.63) is 23.3 Å². The molecule has 0 fully saturated rings. The summed E-state index contributed by atoms with van der Waals surface area (Å²) in [6, 6.07) is 0. The molecule has 0 saturated heterocycles. The normalized spacial score (nSPS) is 27.1. The number of ketones is 1. The first kappa shape index (κ1) is 31.1. The predicted octanol–water partition coefficient (Wildman–Crippen LogP) is 7.03. The molecule has 0 radical (unpaired) electrons. The fraction of sp³-hybridized carbons (Fsp3) is 0.833. The third kappa shape index (κ3) is 11.2. The Morgan fingerprint density at radius 1 is 1.12 bits per heavy atom. The molecule has 0 amide bonds. The molecular formula is C30H54O4. The molecule has 0 spiro atoms. The lowest BCUT2D eigenvalue weighted by Crippen LogP contribution is -2.38. The lowest BCUT2D eigenvalue weighted by molar-refractivity contribution is -0.120. The summed E-state index contributed by atoms with van der Waals surface area (Å²) in [6.07, 6.45) is 13.9. The average Bonchev–Trinajstić information content (AvgIpc) is 2.75. The number of methoxy groups -OCH3 is 1. The molecule has 1 aliphatic rings.